The van der Waals surface area contributed by atoms with Gasteiger partial charge < -0.3 is 16.0 Å². The molecule has 0 spiro atoms. The number of halogens is 2. The van der Waals surface area contributed by atoms with Crippen molar-refractivity contribution >= 4 is 29.9 Å². The van der Waals surface area contributed by atoms with E-state index in [1.807, 2.05) is 12.1 Å². The molecule has 5 nitrogen and oxygen atoms in total. The number of rotatable bonds is 6. The zero-order valence-electron chi connectivity index (χ0n) is 16.7. The lowest BCUT2D eigenvalue weighted by molar-refractivity contribution is -0.122. The molecule has 0 saturated carbocycles. The second-order valence-corrected chi connectivity index (χ2v) is 8.11. The van der Waals surface area contributed by atoms with Crippen molar-refractivity contribution in [2.45, 2.75) is 50.7 Å². The van der Waals surface area contributed by atoms with Crippen molar-refractivity contribution in [1.29, 1.82) is 0 Å². The lowest BCUT2D eigenvalue weighted by Gasteiger charge is -2.28. The number of carbonyl (C=O) groups is 2. The second kappa shape index (κ2) is 10.0. The zero-order chi connectivity index (χ0) is 20.2. The minimum absolute atomic E-state index is 0. The lowest BCUT2D eigenvalue weighted by Crippen LogP contribution is -2.39. The van der Waals surface area contributed by atoms with Crippen LogP contribution in [0.25, 0.3) is 0 Å². The van der Waals surface area contributed by atoms with Gasteiger partial charge in [-0.15, -0.1) is 12.4 Å². The molecule has 2 aliphatic heterocycles. The predicted octanol–water partition coefficient (Wildman–Crippen LogP) is 4.04. The molecule has 2 amide bonds. The molecule has 30 heavy (non-hydrogen) atoms. The Kier molecular flexibility index (Phi) is 7.45. The van der Waals surface area contributed by atoms with E-state index in [2.05, 4.69) is 16.0 Å². The molecular weight excluding hydrogens is 405 g/mol. The van der Waals surface area contributed by atoms with Gasteiger partial charge >= 0.3 is 0 Å². The highest BCUT2D eigenvalue weighted by molar-refractivity contribution is 6.04. The Balaban J connectivity index is 0.00000256. The number of anilines is 1. The van der Waals surface area contributed by atoms with Crippen LogP contribution in [0.5, 0.6) is 0 Å². The molecule has 2 unspecified atom stereocenters. The van der Waals surface area contributed by atoms with Crippen LogP contribution in [0, 0.1) is 11.7 Å². The van der Waals surface area contributed by atoms with Gasteiger partial charge in [0.2, 0.25) is 5.91 Å². The van der Waals surface area contributed by atoms with Crippen LogP contribution in [0.15, 0.2) is 48.5 Å². The molecule has 2 aliphatic rings. The van der Waals surface area contributed by atoms with E-state index in [-0.39, 0.29) is 30.0 Å². The van der Waals surface area contributed by atoms with Gasteiger partial charge in [-0.05, 0) is 73.6 Å². The molecule has 0 aliphatic carbocycles. The summed E-state index contributed by atoms with van der Waals surface area (Å²) in [5, 5.41) is 9.39. The van der Waals surface area contributed by atoms with Gasteiger partial charge in [-0.3, -0.25) is 9.59 Å². The molecule has 2 saturated heterocycles. The third kappa shape index (κ3) is 5.80. The van der Waals surface area contributed by atoms with Gasteiger partial charge in [0.1, 0.15) is 5.82 Å². The maximum Gasteiger partial charge on any atom is 0.255 e. The molecule has 2 aromatic carbocycles. The topological polar surface area (TPSA) is 70.2 Å². The van der Waals surface area contributed by atoms with Gasteiger partial charge in [0.15, 0.2) is 0 Å². The summed E-state index contributed by atoms with van der Waals surface area (Å²) in [7, 11) is 0. The molecule has 2 aromatic rings. The fourth-order valence-corrected chi connectivity index (χ4v) is 4.39. The Morgan fingerprint density at radius 2 is 1.60 bits per heavy atom. The molecule has 0 radical (unpaired) electrons. The van der Waals surface area contributed by atoms with Crippen LogP contribution in [0.1, 0.15) is 48.0 Å². The standard InChI is InChI=1S/C23H26FN3O2.ClH/c24-18-5-3-17(4-6-18)23(29)27-19-7-1-15(2-8-19)14-25-22(28)13-16-11-20-9-10-21(12-16)26-20;/h1-8,16,20-21,26H,9-14H2,(H,25,28)(H,27,29);1H. The van der Waals surface area contributed by atoms with Crippen molar-refractivity contribution in [2.24, 2.45) is 5.92 Å². The Hall–Kier alpha value is -2.44. The van der Waals surface area contributed by atoms with Crippen molar-refractivity contribution in [3.05, 3.63) is 65.5 Å². The normalized spacial score (nSPS) is 22.1. The van der Waals surface area contributed by atoms with Crippen molar-refractivity contribution < 1.29 is 14.0 Å². The largest absolute Gasteiger partial charge is 0.352 e. The number of hydrogen-bond donors (Lipinski definition) is 3. The van der Waals surface area contributed by atoms with E-state index in [4.69, 9.17) is 0 Å². The predicted molar refractivity (Wildman–Crippen MR) is 117 cm³/mol. The SMILES string of the molecule is Cl.O=C(CC1CC2CCC(C1)N2)NCc1ccc(NC(=O)c2ccc(F)cc2)cc1. The first-order valence-electron chi connectivity index (χ1n) is 10.2. The summed E-state index contributed by atoms with van der Waals surface area (Å²) < 4.78 is 13.0. The van der Waals surface area contributed by atoms with E-state index in [0.717, 1.165) is 18.4 Å². The highest BCUT2D eigenvalue weighted by Gasteiger charge is 2.34. The first-order chi connectivity index (χ1) is 14.0. The number of piperidine rings is 1. The number of carbonyl (C=O) groups excluding carboxylic acids is 2. The van der Waals surface area contributed by atoms with Crippen LogP contribution in [-0.2, 0) is 11.3 Å². The fourth-order valence-electron chi connectivity index (χ4n) is 4.39. The lowest BCUT2D eigenvalue weighted by atomic mass is 9.89. The maximum absolute atomic E-state index is 13.0. The average Bonchev–Trinajstić information content (AvgIpc) is 3.06. The van der Waals surface area contributed by atoms with E-state index >= 15 is 0 Å². The van der Waals surface area contributed by atoms with Crippen LogP contribution < -0.4 is 16.0 Å². The summed E-state index contributed by atoms with van der Waals surface area (Å²) in [4.78, 5) is 24.5. The maximum atomic E-state index is 13.0. The van der Waals surface area contributed by atoms with E-state index in [0.29, 0.717) is 42.2 Å². The Morgan fingerprint density at radius 3 is 2.23 bits per heavy atom. The Bertz CT molecular complexity index is 861. The average molecular weight is 432 g/mol. The summed E-state index contributed by atoms with van der Waals surface area (Å²) in [5.74, 6) is -0.0785. The number of hydrogen-bond acceptors (Lipinski definition) is 3. The van der Waals surface area contributed by atoms with Crippen molar-refractivity contribution in [2.75, 3.05) is 5.32 Å². The van der Waals surface area contributed by atoms with Crippen LogP contribution in [0.3, 0.4) is 0 Å². The molecule has 2 fully saturated rings. The summed E-state index contributed by atoms with van der Waals surface area (Å²) in [6, 6.07) is 14.0. The third-order valence-corrected chi connectivity index (χ3v) is 5.85. The van der Waals surface area contributed by atoms with Crippen molar-refractivity contribution in [1.82, 2.24) is 10.6 Å². The summed E-state index contributed by atoms with van der Waals surface area (Å²) in [6.45, 7) is 0.475. The minimum atomic E-state index is -0.375. The van der Waals surface area contributed by atoms with Crippen molar-refractivity contribution in [3.8, 4) is 0 Å². The monoisotopic (exact) mass is 431 g/mol. The molecule has 3 N–H and O–H groups in total. The zero-order valence-corrected chi connectivity index (χ0v) is 17.5. The third-order valence-electron chi connectivity index (χ3n) is 5.85. The van der Waals surface area contributed by atoms with Crippen LogP contribution in [0.2, 0.25) is 0 Å². The highest BCUT2D eigenvalue weighted by atomic mass is 35.5. The summed E-state index contributed by atoms with van der Waals surface area (Å²) in [6.07, 6.45) is 5.29. The molecule has 2 atom stereocenters. The quantitative estimate of drug-likeness (QED) is 0.646. The first kappa shape index (κ1) is 22.2. The van der Waals surface area contributed by atoms with Crippen LogP contribution in [0.4, 0.5) is 10.1 Å². The molecular formula is C23H27ClFN3O2. The van der Waals surface area contributed by atoms with E-state index in [1.165, 1.54) is 37.1 Å². The van der Waals surface area contributed by atoms with Gasteiger partial charge in [0.25, 0.3) is 5.91 Å². The fraction of sp³-hybridized carbons (Fsp3) is 0.391. The summed E-state index contributed by atoms with van der Waals surface area (Å²) in [5.41, 5.74) is 2.03. The number of fused-ring (bicyclic) bond motifs is 2. The van der Waals surface area contributed by atoms with Gasteiger partial charge in [0, 0.05) is 36.3 Å². The summed E-state index contributed by atoms with van der Waals surface area (Å²) >= 11 is 0. The molecule has 2 bridgehead atoms. The molecule has 7 heteroatoms. The van der Waals surface area contributed by atoms with Gasteiger partial charge in [-0.25, -0.2) is 4.39 Å². The Morgan fingerprint density at radius 1 is 0.967 bits per heavy atom. The molecule has 4 rings (SSSR count). The number of benzene rings is 2. The molecule has 160 valence electrons. The molecule has 2 heterocycles. The smallest absolute Gasteiger partial charge is 0.255 e. The highest BCUT2D eigenvalue weighted by Crippen LogP contribution is 2.32. The van der Waals surface area contributed by atoms with Gasteiger partial charge in [-0.1, -0.05) is 12.1 Å². The van der Waals surface area contributed by atoms with E-state index in [1.54, 1.807) is 12.1 Å². The van der Waals surface area contributed by atoms with Crippen LogP contribution >= 0.6 is 12.4 Å². The minimum Gasteiger partial charge on any atom is -0.352 e. The van der Waals surface area contributed by atoms with Gasteiger partial charge in [0.05, 0.1) is 0 Å². The first-order valence-corrected chi connectivity index (χ1v) is 10.2. The van der Waals surface area contributed by atoms with Gasteiger partial charge in [-0.2, -0.15) is 0 Å². The van der Waals surface area contributed by atoms with Crippen LogP contribution in [-0.4, -0.2) is 23.9 Å². The van der Waals surface area contributed by atoms with E-state index < -0.39 is 0 Å². The number of nitrogens with one attached hydrogen (secondary N) is 3. The number of amides is 2. The molecule has 0 aromatic heterocycles. The van der Waals surface area contributed by atoms with E-state index in [9.17, 15) is 14.0 Å². The second-order valence-electron chi connectivity index (χ2n) is 8.11. The Labute approximate surface area is 182 Å². The van der Waals surface area contributed by atoms with Crippen molar-refractivity contribution in [3.63, 3.8) is 0 Å².